The summed E-state index contributed by atoms with van der Waals surface area (Å²) in [6.07, 6.45) is -0.921. The van der Waals surface area contributed by atoms with Crippen molar-refractivity contribution in [3.05, 3.63) is 87.1 Å². The van der Waals surface area contributed by atoms with Crippen LogP contribution in [0.3, 0.4) is 0 Å². The number of aromatic nitrogens is 2. The van der Waals surface area contributed by atoms with Gasteiger partial charge in [-0.1, -0.05) is 44.5 Å². The quantitative estimate of drug-likeness (QED) is 0.179. The summed E-state index contributed by atoms with van der Waals surface area (Å²) < 4.78 is 54.4. The molecule has 4 fully saturated rings. The van der Waals surface area contributed by atoms with E-state index in [0.29, 0.717) is 34.5 Å². The molecular formula is C37H43BClF3N6O5. The number of rotatable bonds is 9. The fourth-order valence-corrected chi connectivity index (χ4v) is 9.01. The molecule has 3 amide bonds. The Hall–Kier alpha value is -4.08. The molecular weight excluding hydrogens is 712 g/mol. The summed E-state index contributed by atoms with van der Waals surface area (Å²) in [6, 6.07) is 9.58. The molecule has 2 bridgehead atoms. The number of halogens is 4. The standard InChI is InChI=1S/C37H43BClF3N6O5/c1-6-29(38-52-28-16-22-15-27(34(22,2)3)36(28,5)53-38)46-30(49)26-17-35(4,47-33(51)45-24-12-10-23(39)11-13-24)32-44-19-25(31(50)48(26)32)43-18-20-8-7-9-21(14-20)37(40,41)42/h7-14,19,22,26-29,43H,6,15-18H2,1-5H3,(H,46,49)(H2,45,47,51)/t22-,26-,27-,28+,29-,35+,36-/m0/s1. The van der Waals surface area contributed by atoms with Gasteiger partial charge in [-0.2, -0.15) is 13.2 Å². The SMILES string of the molecule is CC[C@H](NC(=O)[C@@H]1C[C@@](C)(NC(=O)Nc2ccc(Cl)cc2)c2ncc(NCc3cccc(C(F)(F)F)c3)c(=O)n21)B1O[C@@H]2C[C@@H]3C[C@@H](C3(C)C)[C@]2(C)O1. The van der Waals surface area contributed by atoms with Crippen LogP contribution >= 0.6 is 11.6 Å². The number of hydrogen-bond donors (Lipinski definition) is 4. The Labute approximate surface area is 310 Å². The third kappa shape index (κ3) is 6.69. The van der Waals surface area contributed by atoms with Gasteiger partial charge in [0.2, 0.25) is 5.91 Å². The third-order valence-electron chi connectivity index (χ3n) is 12.0. The van der Waals surface area contributed by atoms with Crippen LogP contribution in [0, 0.1) is 17.3 Å². The fraction of sp³-hybridized carbons (Fsp3) is 0.514. The normalized spacial score (nSPS) is 28.7. The predicted molar refractivity (Wildman–Crippen MR) is 194 cm³/mol. The van der Waals surface area contributed by atoms with Crippen molar-refractivity contribution in [3.8, 4) is 0 Å². The van der Waals surface area contributed by atoms with Crippen LogP contribution in [0.4, 0.5) is 29.3 Å². The van der Waals surface area contributed by atoms with Crippen molar-refractivity contribution < 1.29 is 32.1 Å². The van der Waals surface area contributed by atoms with Crippen molar-refractivity contribution in [2.45, 2.75) is 102 Å². The molecule has 5 aliphatic rings. The summed E-state index contributed by atoms with van der Waals surface area (Å²) in [4.78, 5) is 46.3. The van der Waals surface area contributed by atoms with Crippen LogP contribution in [-0.4, -0.2) is 46.3 Å². The molecule has 2 aromatic carbocycles. The third-order valence-corrected chi connectivity index (χ3v) is 12.2. The Morgan fingerprint density at radius 1 is 1.11 bits per heavy atom. The average molecular weight is 755 g/mol. The highest BCUT2D eigenvalue weighted by Crippen LogP contribution is 2.65. The molecule has 16 heteroatoms. The van der Waals surface area contributed by atoms with Crippen LogP contribution in [-0.2, 0) is 32.4 Å². The van der Waals surface area contributed by atoms with Gasteiger partial charge in [-0.25, -0.2) is 9.78 Å². The molecule has 3 saturated carbocycles. The molecule has 1 aromatic heterocycles. The second kappa shape index (κ2) is 13.3. The Balaban J connectivity index is 1.14. The van der Waals surface area contributed by atoms with Gasteiger partial charge in [0, 0.05) is 23.7 Å². The van der Waals surface area contributed by atoms with Gasteiger partial charge < -0.3 is 30.6 Å². The molecule has 0 spiro atoms. The van der Waals surface area contributed by atoms with E-state index in [-0.39, 0.29) is 36.0 Å². The molecule has 0 unspecified atom stereocenters. The number of hydrogen-bond acceptors (Lipinski definition) is 7. The zero-order chi connectivity index (χ0) is 38.1. The Morgan fingerprint density at radius 2 is 1.85 bits per heavy atom. The molecule has 1 saturated heterocycles. The van der Waals surface area contributed by atoms with Crippen LogP contribution in [0.2, 0.25) is 5.02 Å². The maximum atomic E-state index is 14.3. The summed E-state index contributed by atoms with van der Waals surface area (Å²) in [6.45, 7) is 10.1. The first kappa shape index (κ1) is 37.2. The smallest absolute Gasteiger partial charge is 0.404 e. The van der Waals surface area contributed by atoms with Gasteiger partial charge in [-0.05, 0) is 92.3 Å². The topological polar surface area (TPSA) is 136 Å². The van der Waals surface area contributed by atoms with Crippen LogP contribution in [0.5, 0.6) is 0 Å². The van der Waals surface area contributed by atoms with E-state index in [1.807, 2.05) is 6.92 Å². The van der Waals surface area contributed by atoms with Crippen LogP contribution in [0.1, 0.15) is 83.3 Å². The summed E-state index contributed by atoms with van der Waals surface area (Å²) in [5.41, 5.74) is -2.32. The van der Waals surface area contributed by atoms with E-state index in [2.05, 4.69) is 47.0 Å². The van der Waals surface area contributed by atoms with Crippen molar-refractivity contribution in [3.63, 3.8) is 0 Å². The summed E-state index contributed by atoms with van der Waals surface area (Å²) in [7, 11) is -0.694. The predicted octanol–water partition coefficient (Wildman–Crippen LogP) is 6.67. The number of urea groups is 1. The highest BCUT2D eigenvalue weighted by Gasteiger charge is 2.68. The van der Waals surface area contributed by atoms with Gasteiger partial charge in [0.05, 0.1) is 34.9 Å². The molecule has 7 atom stereocenters. The number of nitrogens with zero attached hydrogens (tertiary/aromatic N) is 2. The lowest BCUT2D eigenvalue weighted by Gasteiger charge is -2.64. The van der Waals surface area contributed by atoms with E-state index >= 15 is 0 Å². The minimum absolute atomic E-state index is 0.0205. The second-order valence-corrected chi connectivity index (χ2v) is 16.2. The van der Waals surface area contributed by atoms with Crippen LogP contribution in [0.25, 0.3) is 0 Å². The Bertz CT molecular complexity index is 1980. The van der Waals surface area contributed by atoms with E-state index in [9.17, 15) is 27.6 Å². The molecule has 4 N–H and O–H groups in total. The van der Waals surface area contributed by atoms with E-state index in [1.54, 1.807) is 31.2 Å². The van der Waals surface area contributed by atoms with E-state index in [1.165, 1.54) is 22.9 Å². The van der Waals surface area contributed by atoms with Gasteiger partial charge in [-0.15, -0.1) is 0 Å². The van der Waals surface area contributed by atoms with Crippen molar-refractivity contribution in [1.82, 2.24) is 20.2 Å². The lowest BCUT2D eigenvalue weighted by molar-refractivity contribution is -0.199. The van der Waals surface area contributed by atoms with Gasteiger partial charge >= 0.3 is 19.3 Å². The molecule has 3 aromatic rings. The van der Waals surface area contributed by atoms with Gasteiger partial charge in [-0.3, -0.25) is 14.2 Å². The molecule has 2 aliphatic heterocycles. The van der Waals surface area contributed by atoms with E-state index in [0.717, 1.165) is 25.0 Å². The number of benzene rings is 2. The Kier molecular flexibility index (Phi) is 9.38. The van der Waals surface area contributed by atoms with E-state index < -0.39 is 59.5 Å². The number of nitrogens with one attached hydrogen (secondary N) is 4. The number of carbonyl (C=O) groups excluding carboxylic acids is 2. The second-order valence-electron chi connectivity index (χ2n) is 15.7. The minimum atomic E-state index is -4.53. The lowest BCUT2D eigenvalue weighted by Crippen LogP contribution is -2.65. The molecule has 8 rings (SSSR count). The highest BCUT2D eigenvalue weighted by atomic mass is 35.5. The van der Waals surface area contributed by atoms with Crippen molar-refractivity contribution in [1.29, 1.82) is 0 Å². The molecule has 11 nitrogen and oxygen atoms in total. The monoisotopic (exact) mass is 754 g/mol. The number of fused-ring (bicyclic) bond motifs is 1. The highest BCUT2D eigenvalue weighted by molar-refractivity contribution is 6.47. The minimum Gasteiger partial charge on any atom is -0.404 e. The lowest BCUT2D eigenvalue weighted by atomic mass is 9.43. The zero-order valence-corrected chi connectivity index (χ0v) is 30.9. The van der Waals surface area contributed by atoms with Gasteiger partial charge in [0.15, 0.2) is 0 Å². The summed E-state index contributed by atoms with van der Waals surface area (Å²) in [5, 5.41) is 12.1. The first-order valence-corrected chi connectivity index (χ1v) is 18.3. The van der Waals surface area contributed by atoms with E-state index in [4.69, 9.17) is 20.9 Å². The maximum Gasteiger partial charge on any atom is 0.481 e. The summed E-state index contributed by atoms with van der Waals surface area (Å²) in [5.74, 6) is -0.00281. The molecule has 3 aliphatic carbocycles. The van der Waals surface area contributed by atoms with Gasteiger partial charge in [0.1, 0.15) is 17.6 Å². The number of amides is 3. The number of alkyl halides is 3. The zero-order valence-electron chi connectivity index (χ0n) is 30.1. The number of carbonyl (C=O) groups is 2. The Morgan fingerprint density at radius 3 is 2.53 bits per heavy atom. The average Bonchev–Trinajstić information content (AvgIpc) is 3.61. The number of anilines is 2. The first-order chi connectivity index (χ1) is 24.9. The molecule has 0 radical (unpaired) electrons. The van der Waals surface area contributed by atoms with Crippen LogP contribution < -0.4 is 26.8 Å². The largest absolute Gasteiger partial charge is 0.481 e. The fourth-order valence-electron chi connectivity index (χ4n) is 8.89. The van der Waals surface area contributed by atoms with Crippen molar-refractivity contribution in [2.75, 3.05) is 10.6 Å². The molecule has 3 heterocycles. The maximum absolute atomic E-state index is 14.3. The van der Waals surface area contributed by atoms with Crippen LogP contribution in [0.15, 0.2) is 59.5 Å². The summed E-state index contributed by atoms with van der Waals surface area (Å²) >= 11 is 5.99. The van der Waals surface area contributed by atoms with Crippen molar-refractivity contribution >= 4 is 42.0 Å². The van der Waals surface area contributed by atoms with Crippen molar-refractivity contribution in [2.24, 2.45) is 17.3 Å². The molecule has 53 heavy (non-hydrogen) atoms. The van der Waals surface area contributed by atoms with Gasteiger partial charge in [0.25, 0.3) is 5.56 Å². The first-order valence-electron chi connectivity index (χ1n) is 17.9. The molecule has 282 valence electrons.